The highest BCUT2D eigenvalue weighted by atomic mass is 19.2. The van der Waals surface area contributed by atoms with Gasteiger partial charge in [-0.05, 0) is 24.1 Å². The molecule has 2 aromatic rings. The van der Waals surface area contributed by atoms with E-state index in [1.54, 1.807) is 13.2 Å². The van der Waals surface area contributed by atoms with Gasteiger partial charge in [-0.2, -0.15) is 0 Å². The first-order valence-electron chi connectivity index (χ1n) is 8.17. The molecule has 1 N–H and O–H groups in total. The van der Waals surface area contributed by atoms with Crippen molar-refractivity contribution < 1.29 is 22.7 Å². The van der Waals surface area contributed by atoms with Gasteiger partial charge in [-0.25, -0.2) is 23.1 Å². The van der Waals surface area contributed by atoms with Gasteiger partial charge in [0.1, 0.15) is 17.9 Å². The van der Waals surface area contributed by atoms with Crippen LogP contribution in [-0.4, -0.2) is 23.0 Å². The third-order valence-corrected chi connectivity index (χ3v) is 3.99. The molecular formula is C19H16F3N3O2. The monoisotopic (exact) mass is 375 g/mol. The number of aromatic nitrogens is 2. The Kier molecular flexibility index (Phi) is 5.54. The summed E-state index contributed by atoms with van der Waals surface area (Å²) in [6.07, 6.45) is 6.46. The van der Waals surface area contributed by atoms with E-state index in [4.69, 9.17) is 4.74 Å². The molecule has 1 aliphatic rings. The van der Waals surface area contributed by atoms with Crippen molar-refractivity contribution in [3.05, 3.63) is 71.1 Å². The lowest BCUT2D eigenvalue weighted by Gasteiger charge is -2.14. The molecule has 0 fully saturated rings. The van der Waals surface area contributed by atoms with Crippen molar-refractivity contribution in [3.8, 4) is 0 Å². The molecule has 1 aromatic carbocycles. The van der Waals surface area contributed by atoms with Gasteiger partial charge >= 0.3 is 0 Å². The van der Waals surface area contributed by atoms with Crippen LogP contribution in [0.25, 0.3) is 5.57 Å². The van der Waals surface area contributed by atoms with Crippen molar-refractivity contribution in [2.75, 3.05) is 12.4 Å². The molecule has 3 rings (SSSR count). The fraction of sp³-hybridized carbons (Fsp3) is 0.211. The van der Waals surface area contributed by atoms with Gasteiger partial charge in [-0.15, -0.1) is 0 Å². The Balaban J connectivity index is 1.76. The number of carbonyl (C=O) groups is 1. The number of methoxy groups -OCH3 is 1. The van der Waals surface area contributed by atoms with Crippen LogP contribution in [0.4, 0.5) is 19.0 Å². The van der Waals surface area contributed by atoms with E-state index in [-0.39, 0.29) is 17.8 Å². The lowest BCUT2D eigenvalue weighted by atomic mass is 10.0. The Bertz CT molecular complexity index is 919. The highest BCUT2D eigenvalue weighted by molar-refractivity contribution is 5.91. The molecule has 1 amide bonds. The number of anilines is 1. The van der Waals surface area contributed by atoms with Gasteiger partial charge < -0.3 is 10.1 Å². The summed E-state index contributed by atoms with van der Waals surface area (Å²) in [6, 6.07) is 3.14. The normalized spacial score (nSPS) is 13.6. The number of hydrogen-bond acceptors (Lipinski definition) is 4. The Labute approximate surface area is 153 Å². The second-order valence-electron chi connectivity index (χ2n) is 5.87. The molecule has 140 valence electrons. The van der Waals surface area contributed by atoms with Crippen molar-refractivity contribution >= 4 is 17.3 Å². The number of carbonyl (C=O) groups excluding carboxylic acids is 1. The molecule has 0 unspecified atom stereocenters. The van der Waals surface area contributed by atoms with Gasteiger partial charge in [-0.1, -0.05) is 12.2 Å². The second kappa shape index (κ2) is 8.03. The summed E-state index contributed by atoms with van der Waals surface area (Å²) >= 11 is 0. The number of allylic oxidation sites excluding steroid dienone is 4. The first-order valence-corrected chi connectivity index (χ1v) is 8.17. The van der Waals surface area contributed by atoms with Crippen molar-refractivity contribution in [2.45, 2.75) is 19.3 Å². The van der Waals surface area contributed by atoms with Crippen LogP contribution in [-0.2, 0) is 16.0 Å². The van der Waals surface area contributed by atoms with E-state index in [2.05, 4.69) is 15.3 Å². The number of hydrogen-bond donors (Lipinski definition) is 1. The molecular weight excluding hydrogens is 359 g/mol. The van der Waals surface area contributed by atoms with E-state index in [1.165, 1.54) is 6.33 Å². The van der Waals surface area contributed by atoms with Crippen LogP contribution in [0, 0.1) is 17.5 Å². The molecule has 27 heavy (non-hydrogen) atoms. The zero-order valence-corrected chi connectivity index (χ0v) is 14.4. The van der Waals surface area contributed by atoms with Gasteiger partial charge in [0.15, 0.2) is 17.5 Å². The maximum Gasteiger partial charge on any atom is 0.229 e. The minimum Gasteiger partial charge on any atom is -0.500 e. The summed E-state index contributed by atoms with van der Waals surface area (Å²) < 4.78 is 44.9. The molecule has 0 bridgehead atoms. The average Bonchev–Trinajstić information content (AvgIpc) is 2.66. The first kappa shape index (κ1) is 18.6. The highest BCUT2D eigenvalue weighted by Crippen LogP contribution is 2.27. The van der Waals surface area contributed by atoms with Crippen LogP contribution in [0.2, 0.25) is 0 Å². The van der Waals surface area contributed by atoms with Crippen LogP contribution >= 0.6 is 0 Å². The van der Waals surface area contributed by atoms with E-state index in [1.807, 2.05) is 12.2 Å². The standard InChI is InChI=1S/C19H16F3N3O2/c1-27-16-5-3-2-4-12(16)15-9-17(24-10-23-15)25-18(26)8-11-6-13(20)19(22)14(21)7-11/h2,4,6-7,9-10H,3,5,8H2,1H3,(H,23,24,25,26). The van der Waals surface area contributed by atoms with Gasteiger partial charge in [-0.3, -0.25) is 4.79 Å². The minimum absolute atomic E-state index is 0.0118. The third kappa shape index (κ3) is 4.33. The van der Waals surface area contributed by atoms with E-state index in [0.29, 0.717) is 5.69 Å². The topological polar surface area (TPSA) is 64.1 Å². The van der Waals surface area contributed by atoms with Crippen LogP contribution in [0.15, 0.2) is 42.4 Å². The first-order chi connectivity index (χ1) is 13.0. The number of ether oxygens (including phenoxy) is 1. The molecule has 1 aromatic heterocycles. The number of halogens is 3. The summed E-state index contributed by atoms with van der Waals surface area (Å²) in [7, 11) is 1.58. The fourth-order valence-corrected chi connectivity index (χ4v) is 2.74. The largest absolute Gasteiger partial charge is 0.500 e. The number of nitrogens with one attached hydrogen (secondary N) is 1. The van der Waals surface area contributed by atoms with E-state index >= 15 is 0 Å². The van der Waals surface area contributed by atoms with Crippen molar-refractivity contribution in [1.82, 2.24) is 9.97 Å². The Hall–Kier alpha value is -3.16. The summed E-state index contributed by atoms with van der Waals surface area (Å²) in [5.41, 5.74) is 1.38. The summed E-state index contributed by atoms with van der Waals surface area (Å²) in [5, 5.41) is 2.54. The van der Waals surface area contributed by atoms with Gasteiger partial charge in [0.05, 0.1) is 19.2 Å². The highest BCUT2D eigenvalue weighted by Gasteiger charge is 2.15. The lowest BCUT2D eigenvalue weighted by Crippen LogP contribution is -2.16. The number of rotatable bonds is 5. The van der Waals surface area contributed by atoms with Gasteiger partial charge in [0.2, 0.25) is 5.91 Å². The number of amides is 1. The summed E-state index contributed by atoms with van der Waals surface area (Å²) in [6.45, 7) is 0. The maximum absolute atomic E-state index is 13.3. The second-order valence-corrected chi connectivity index (χ2v) is 5.87. The van der Waals surface area contributed by atoms with Gasteiger partial charge in [0, 0.05) is 18.1 Å². The predicted molar refractivity (Wildman–Crippen MR) is 93.0 cm³/mol. The Morgan fingerprint density at radius 1 is 1.19 bits per heavy atom. The SMILES string of the molecule is COC1=C(c2cc(NC(=O)Cc3cc(F)c(F)c(F)c3)ncn2)C=CCC1. The average molecular weight is 375 g/mol. The molecule has 0 spiro atoms. The third-order valence-electron chi connectivity index (χ3n) is 3.99. The molecule has 0 saturated carbocycles. The van der Waals surface area contributed by atoms with Crippen molar-refractivity contribution in [2.24, 2.45) is 0 Å². The molecule has 1 aliphatic carbocycles. The fourth-order valence-electron chi connectivity index (χ4n) is 2.74. The molecule has 8 heteroatoms. The van der Waals surface area contributed by atoms with Crippen LogP contribution in [0.1, 0.15) is 24.1 Å². The molecule has 5 nitrogen and oxygen atoms in total. The molecule has 1 heterocycles. The Morgan fingerprint density at radius 3 is 2.63 bits per heavy atom. The van der Waals surface area contributed by atoms with Crippen LogP contribution < -0.4 is 5.32 Å². The summed E-state index contributed by atoms with van der Waals surface area (Å²) in [4.78, 5) is 20.3. The van der Waals surface area contributed by atoms with Crippen LogP contribution in [0.3, 0.4) is 0 Å². The maximum atomic E-state index is 13.3. The van der Waals surface area contributed by atoms with Gasteiger partial charge in [0.25, 0.3) is 0 Å². The molecule has 0 radical (unpaired) electrons. The van der Waals surface area contributed by atoms with E-state index < -0.39 is 23.4 Å². The molecule has 0 atom stereocenters. The van der Waals surface area contributed by atoms with Crippen molar-refractivity contribution in [3.63, 3.8) is 0 Å². The molecule has 0 saturated heterocycles. The van der Waals surface area contributed by atoms with E-state index in [0.717, 1.165) is 36.3 Å². The van der Waals surface area contributed by atoms with Crippen LogP contribution in [0.5, 0.6) is 0 Å². The summed E-state index contributed by atoms with van der Waals surface area (Å²) in [5.74, 6) is -3.79. The number of nitrogens with zero attached hydrogens (tertiary/aromatic N) is 2. The number of benzene rings is 1. The smallest absolute Gasteiger partial charge is 0.229 e. The van der Waals surface area contributed by atoms with E-state index in [9.17, 15) is 18.0 Å². The molecule has 0 aliphatic heterocycles. The zero-order chi connectivity index (χ0) is 19.4. The quantitative estimate of drug-likeness (QED) is 0.808. The minimum atomic E-state index is -1.57. The zero-order valence-electron chi connectivity index (χ0n) is 14.4. The Morgan fingerprint density at radius 2 is 1.93 bits per heavy atom. The predicted octanol–water partition coefficient (Wildman–Crippen LogP) is 3.78. The lowest BCUT2D eigenvalue weighted by molar-refractivity contribution is -0.115. The van der Waals surface area contributed by atoms with Crippen molar-refractivity contribution in [1.29, 1.82) is 0 Å².